The number of carbonyl (C=O) groups excluding carboxylic acids is 3. The highest BCUT2D eigenvalue weighted by atomic mass is 16.7. The lowest BCUT2D eigenvalue weighted by atomic mass is 9.98. The number of aliphatic hydroxyl groups is 6. The SMILES string of the molecule is CCCCCCCCCCCCCCCC(=O)OC[C@H](COC1OC(COC2OC(CO)C(O)C(OC(=O)CCCCCCCCCCCCCCC)C2O)C(O)C(O)C1O)OC(=O)CCCCCCCCCCCCCCC. The number of aliphatic hydroxyl groups excluding tert-OH is 6. The van der Waals surface area contributed by atoms with E-state index in [1.807, 2.05) is 0 Å². The van der Waals surface area contributed by atoms with E-state index in [0.29, 0.717) is 19.3 Å². The van der Waals surface area contributed by atoms with Gasteiger partial charge in [0.2, 0.25) is 0 Å². The van der Waals surface area contributed by atoms with Crippen molar-refractivity contribution in [1.82, 2.24) is 0 Å². The van der Waals surface area contributed by atoms with E-state index in [-0.39, 0.29) is 32.5 Å². The third kappa shape index (κ3) is 35.7. The molecule has 0 aliphatic carbocycles. The fraction of sp³-hybridized carbons (Fsp3) is 0.952. The summed E-state index contributed by atoms with van der Waals surface area (Å²) in [5, 5.41) is 65.0. The Labute approximate surface area is 478 Å². The fourth-order valence-corrected chi connectivity index (χ4v) is 10.6. The molecule has 2 saturated heterocycles. The molecule has 79 heavy (non-hydrogen) atoms. The normalized spacial score (nSPS) is 23.7. The second kappa shape index (κ2) is 49.4. The van der Waals surface area contributed by atoms with Crippen molar-refractivity contribution in [1.29, 1.82) is 0 Å². The van der Waals surface area contributed by atoms with Crippen molar-refractivity contribution in [2.75, 3.05) is 26.4 Å². The van der Waals surface area contributed by atoms with Gasteiger partial charge in [0.1, 0.15) is 49.3 Å². The average Bonchev–Trinajstić information content (AvgIpc) is 3.52. The molecule has 2 rings (SSSR count). The van der Waals surface area contributed by atoms with Crippen LogP contribution in [0.2, 0.25) is 0 Å². The molecule has 0 amide bonds. The van der Waals surface area contributed by atoms with Gasteiger partial charge in [-0.1, -0.05) is 252 Å². The predicted molar refractivity (Wildman–Crippen MR) is 308 cm³/mol. The van der Waals surface area contributed by atoms with Crippen LogP contribution in [0, 0.1) is 0 Å². The van der Waals surface area contributed by atoms with Crippen molar-refractivity contribution in [3.8, 4) is 0 Å². The fourth-order valence-electron chi connectivity index (χ4n) is 10.6. The van der Waals surface area contributed by atoms with Crippen LogP contribution in [0.15, 0.2) is 0 Å². The van der Waals surface area contributed by atoms with Crippen molar-refractivity contribution < 1.29 is 78.2 Å². The molecule has 0 radical (unpaired) electrons. The van der Waals surface area contributed by atoms with Crippen molar-refractivity contribution >= 4 is 17.9 Å². The first-order chi connectivity index (χ1) is 38.5. The predicted octanol–water partition coefficient (Wildman–Crippen LogP) is 12.1. The molecule has 0 aromatic rings. The van der Waals surface area contributed by atoms with Crippen molar-refractivity contribution in [3.05, 3.63) is 0 Å². The number of ether oxygens (including phenoxy) is 7. The van der Waals surface area contributed by atoms with Gasteiger partial charge in [0.05, 0.1) is 19.8 Å². The highest BCUT2D eigenvalue weighted by molar-refractivity contribution is 5.70. The van der Waals surface area contributed by atoms with Crippen LogP contribution in [0.25, 0.3) is 0 Å². The second-order valence-electron chi connectivity index (χ2n) is 23.1. The van der Waals surface area contributed by atoms with Crippen molar-refractivity contribution in [3.63, 3.8) is 0 Å². The highest BCUT2D eigenvalue weighted by Gasteiger charge is 2.49. The topological polar surface area (TPSA) is 237 Å². The van der Waals surface area contributed by atoms with Gasteiger partial charge in [-0.15, -0.1) is 0 Å². The minimum absolute atomic E-state index is 0.0784. The van der Waals surface area contributed by atoms with E-state index in [0.717, 1.165) is 64.2 Å². The maximum atomic E-state index is 13.1. The highest BCUT2D eigenvalue weighted by Crippen LogP contribution is 2.28. The summed E-state index contributed by atoms with van der Waals surface area (Å²) in [6, 6.07) is 0. The van der Waals surface area contributed by atoms with Gasteiger partial charge in [0, 0.05) is 19.3 Å². The number of esters is 3. The molecular formula is C63H118O16. The zero-order chi connectivity index (χ0) is 57.6. The molecule has 0 bridgehead atoms. The summed E-state index contributed by atoms with van der Waals surface area (Å²) < 4.78 is 40.1. The van der Waals surface area contributed by atoms with Crippen LogP contribution >= 0.6 is 0 Å². The molecular weight excluding hydrogens is 1010 g/mol. The molecule has 6 N–H and O–H groups in total. The zero-order valence-electron chi connectivity index (χ0n) is 50.1. The summed E-state index contributed by atoms with van der Waals surface area (Å²) in [7, 11) is 0. The number of rotatable bonds is 53. The van der Waals surface area contributed by atoms with Gasteiger partial charge in [-0.3, -0.25) is 14.4 Å². The Hall–Kier alpha value is -1.99. The molecule has 0 aromatic heterocycles. The molecule has 0 spiro atoms. The van der Waals surface area contributed by atoms with Gasteiger partial charge in [-0.2, -0.15) is 0 Å². The van der Waals surface area contributed by atoms with Crippen molar-refractivity contribution in [2.24, 2.45) is 0 Å². The lowest BCUT2D eigenvalue weighted by Crippen LogP contribution is -2.62. The molecule has 0 aromatic carbocycles. The average molecular weight is 1130 g/mol. The maximum absolute atomic E-state index is 13.1. The standard InChI is InChI=1S/C63H118O16/c1-4-7-10-13-16-19-22-25-28-31-34-37-40-43-53(65)73-47-50(76-54(66)44-41-38-35-32-29-26-23-20-17-14-11-8-5-2)48-74-62-59(71)58(70)56(68)52(78-62)49-75-63-60(72)61(57(69)51(46-64)77-63)79-55(67)45-42-39-36-33-30-27-24-21-18-15-12-9-6-3/h50-52,56-64,68-72H,4-49H2,1-3H3/t50-,51?,52?,56?,57?,58?,59?,60?,61?,62?,63?/m1/s1. The summed E-state index contributed by atoms with van der Waals surface area (Å²) in [6.45, 7) is 4.77. The minimum atomic E-state index is -1.79. The first-order valence-electron chi connectivity index (χ1n) is 32.6. The zero-order valence-corrected chi connectivity index (χ0v) is 50.1. The third-order valence-electron chi connectivity index (χ3n) is 15.8. The van der Waals surface area contributed by atoms with Crippen LogP contribution in [-0.4, -0.2) is 142 Å². The molecule has 2 aliphatic heterocycles. The lowest BCUT2D eigenvalue weighted by molar-refractivity contribution is -0.333. The van der Waals surface area contributed by atoms with Gasteiger partial charge in [0.15, 0.2) is 24.8 Å². The summed E-state index contributed by atoms with van der Waals surface area (Å²) in [5.41, 5.74) is 0. The summed E-state index contributed by atoms with van der Waals surface area (Å²) in [4.78, 5) is 38.9. The Morgan fingerprint density at radius 1 is 0.380 bits per heavy atom. The molecule has 2 fully saturated rings. The van der Waals surface area contributed by atoms with Crippen LogP contribution in [0.4, 0.5) is 0 Å². The number of hydrogen-bond acceptors (Lipinski definition) is 16. The summed E-state index contributed by atoms with van der Waals surface area (Å²) in [6.07, 6.45) is 29.0. The molecule has 11 atom stereocenters. The molecule has 16 nitrogen and oxygen atoms in total. The Bertz CT molecular complexity index is 1440. The Kier molecular flexibility index (Phi) is 45.8. The molecule has 2 heterocycles. The largest absolute Gasteiger partial charge is 0.462 e. The van der Waals surface area contributed by atoms with Gasteiger partial charge >= 0.3 is 17.9 Å². The maximum Gasteiger partial charge on any atom is 0.306 e. The third-order valence-corrected chi connectivity index (χ3v) is 15.8. The minimum Gasteiger partial charge on any atom is -0.462 e. The molecule has 16 heteroatoms. The first-order valence-corrected chi connectivity index (χ1v) is 32.6. The van der Waals surface area contributed by atoms with Gasteiger partial charge < -0.3 is 63.8 Å². The Morgan fingerprint density at radius 2 is 0.734 bits per heavy atom. The number of hydrogen-bond donors (Lipinski definition) is 6. The molecule has 10 unspecified atom stereocenters. The number of carbonyl (C=O) groups is 3. The smallest absolute Gasteiger partial charge is 0.306 e. The second-order valence-corrected chi connectivity index (χ2v) is 23.1. The van der Waals surface area contributed by atoms with Crippen LogP contribution in [0.1, 0.15) is 290 Å². The van der Waals surface area contributed by atoms with Crippen molar-refractivity contribution in [2.45, 2.75) is 358 Å². The van der Waals surface area contributed by atoms with Gasteiger partial charge in [-0.25, -0.2) is 0 Å². The van der Waals surface area contributed by atoms with Crippen LogP contribution in [-0.2, 0) is 47.5 Å². The monoisotopic (exact) mass is 1130 g/mol. The van der Waals surface area contributed by atoms with Gasteiger partial charge in [-0.05, 0) is 19.3 Å². The molecule has 0 saturated carbocycles. The molecule has 466 valence electrons. The van der Waals surface area contributed by atoms with E-state index >= 15 is 0 Å². The summed E-state index contributed by atoms with van der Waals surface area (Å²) >= 11 is 0. The van der Waals surface area contributed by atoms with E-state index in [4.69, 9.17) is 33.2 Å². The van der Waals surface area contributed by atoms with E-state index in [1.54, 1.807) is 0 Å². The number of unbranched alkanes of at least 4 members (excludes halogenated alkanes) is 36. The van der Waals surface area contributed by atoms with Crippen LogP contribution in [0.5, 0.6) is 0 Å². The van der Waals surface area contributed by atoms with E-state index in [9.17, 15) is 45.0 Å². The van der Waals surface area contributed by atoms with E-state index < -0.39 is 98.6 Å². The van der Waals surface area contributed by atoms with Gasteiger partial charge in [0.25, 0.3) is 0 Å². The van der Waals surface area contributed by atoms with E-state index in [1.165, 1.54) is 167 Å². The van der Waals surface area contributed by atoms with Crippen LogP contribution < -0.4 is 0 Å². The quantitative estimate of drug-likeness (QED) is 0.0189. The van der Waals surface area contributed by atoms with E-state index in [2.05, 4.69) is 20.8 Å². The summed E-state index contributed by atoms with van der Waals surface area (Å²) in [5.74, 6) is -1.54. The lowest BCUT2D eigenvalue weighted by Gasteiger charge is -2.43. The Morgan fingerprint density at radius 3 is 1.14 bits per heavy atom. The van der Waals surface area contributed by atoms with Crippen LogP contribution in [0.3, 0.4) is 0 Å². The molecule has 2 aliphatic rings. The Balaban J connectivity index is 1.89. The first kappa shape index (κ1) is 73.1.